The Hall–Kier alpha value is -5.03. The normalized spacial score (nSPS) is 11.8. The Kier molecular flexibility index (Phi) is 5.80. The summed E-state index contributed by atoms with van der Waals surface area (Å²) >= 11 is 3.49. The minimum atomic E-state index is -0.207. The van der Waals surface area contributed by atoms with Crippen molar-refractivity contribution in [2.24, 2.45) is 0 Å². The minimum Gasteiger partial charge on any atom is -0.308 e. The van der Waals surface area contributed by atoms with E-state index in [1.165, 1.54) is 42.1 Å². The monoisotopic (exact) mass is 601 g/mol. The molecule has 0 radical (unpaired) electrons. The number of nitrogens with zero attached hydrogens (tertiary/aromatic N) is 1. The van der Waals surface area contributed by atoms with E-state index in [2.05, 4.69) is 132 Å². The van der Waals surface area contributed by atoms with Gasteiger partial charge in [0.1, 0.15) is 5.82 Å². The van der Waals surface area contributed by atoms with Crippen LogP contribution in [0.3, 0.4) is 0 Å². The topological polar surface area (TPSA) is 3.24 Å². The zero-order valence-electron chi connectivity index (χ0n) is 23.5. The highest BCUT2D eigenvalue weighted by Gasteiger charge is 2.21. The van der Waals surface area contributed by atoms with Gasteiger partial charge in [0.25, 0.3) is 0 Å². The average Bonchev–Trinajstić information content (AvgIpc) is 3.64. The largest absolute Gasteiger partial charge is 0.308 e. The molecule has 0 spiro atoms. The molecule has 0 aliphatic heterocycles. The summed E-state index contributed by atoms with van der Waals surface area (Å²) in [4.78, 5) is 2.39. The first-order chi connectivity index (χ1) is 21.7. The molecule has 0 bridgehead atoms. The summed E-state index contributed by atoms with van der Waals surface area (Å²) in [6, 6.07) is 50.8. The maximum absolute atomic E-state index is 14.3. The number of halogens is 1. The number of thiophene rings is 2. The molecule has 0 saturated heterocycles. The molecule has 2 aromatic heterocycles. The molecule has 44 heavy (non-hydrogen) atoms. The molecule has 9 rings (SSSR count). The molecule has 0 unspecified atom stereocenters. The molecule has 0 amide bonds. The minimum absolute atomic E-state index is 0.207. The van der Waals surface area contributed by atoms with Crippen molar-refractivity contribution in [3.05, 3.63) is 151 Å². The summed E-state index contributed by atoms with van der Waals surface area (Å²) in [5.41, 5.74) is 5.71. The van der Waals surface area contributed by atoms with Crippen molar-refractivity contribution in [3.63, 3.8) is 0 Å². The maximum atomic E-state index is 14.3. The molecular formula is C40H24FNS2. The quantitative estimate of drug-likeness (QED) is 0.194. The first kappa shape index (κ1) is 25.5. The van der Waals surface area contributed by atoms with Gasteiger partial charge in [-0.25, -0.2) is 4.39 Å². The van der Waals surface area contributed by atoms with Crippen LogP contribution in [-0.2, 0) is 0 Å². The average molecular weight is 602 g/mol. The number of rotatable bonds is 4. The van der Waals surface area contributed by atoms with E-state index in [0.717, 1.165) is 37.2 Å². The molecule has 0 fully saturated rings. The van der Waals surface area contributed by atoms with Gasteiger partial charge in [-0.2, -0.15) is 0 Å². The molecule has 2 heterocycles. The van der Waals surface area contributed by atoms with Crippen LogP contribution in [0.15, 0.2) is 146 Å². The van der Waals surface area contributed by atoms with Crippen LogP contribution in [0.4, 0.5) is 21.5 Å². The second kappa shape index (κ2) is 10.0. The Balaban J connectivity index is 1.29. The lowest BCUT2D eigenvalue weighted by Crippen LogP contribution is -2.10. The standard InChI is InChI=1S/C40H24FNS2/c41-27-20-23-32-34-14-7-16-36(40(34)44-38(32)24-27)42(35-15-6-13-33-31-11-3-4-17-37(31)43-39(33)35)28-21-18-26(19-22-28)30-12-5-9-25-8-1-2-10-29(25)30/h1-24H. The van der Waals surface area contributed by atoms with E-state index >= 15 is 0 Å². The van der Waals surface area contributed by atoms with Crippen LogP contribution in [0.1, 0.15) is 0 Å². The van der Waals surface area contributed by atoms with Gasteiger partial charge in [-0.1, -0.05) is 97.1 Å². The zero-order chi connectivity index (χ0) is 29.2. The Morgan fingerprint density at radius 1 is 0.455 bits per heavy atom. The number of fused-ring (bicyclic) bond motifs is 7. The van der Waals surface area contributed by atoms with Crippen LogP contribution in [0, 0.1) is 5.82 Å². The van der Waals surface area contributed by atoms with Gasteiger partial charge in [0.2, 0.25) is 0 Å². The van der Waals surface area contributed by atoms with Gasteiger partial charge in [0.05, 0.1) is 20.8 Å². The van der Waals surface area contributed by atoms with Crippen molar-refractivity contribution in [3.8, 4) is 11.1 Å². The fourth-order valence-electron chi connectivity index (χ4n) is 6.52. The van der Waals surface area contributed by atoms with Crippen LogP contribution in [0.25, 0.3) is 62.2 Å². The highest BCUT2D eigenvalue weighted by molar-refractivity contribution is 7.27. The summed E-state index contributed by atoms with van der Waals surface area (Å²) < 4.78 is 18.9. The van der Waals surface area contributed by atoms with Crippen LogP contribution in [0.5, 0.6) is 0 Å². The first-order valence-corrected chi connectivity index (χ1v) is 16.3. The SMILES string of the molecule is Fc1ccc2c(c1)sc1c(N(c3ccc(-c4cccc5ccccc45)cc3)c3cccc4c3sc3ccccc34)cccc12. The first-order valence-electron chi connectivity index (χ1n) is 14.6. The molecule has 0 atom stereocenters. The van der Waals surface area contributed by atoms with Gasteiger partial charge >= 0.3 is 0 Å². The molecule has 0 aliphatic carbocycles. The maximum Gasteiger partial charge on any atom is 0.124 e. The highest BCUT2D eigenvalue weighted by atomic mass is 32.1. The van der Waals surface area contributed by atoms with Crippen molar-refractivity contribution in [1.29, 1.82) is 0 Å². The Bertz CT molecular complexity index is 2520. The number of anilines is 3. The van der Waals surface area contributed by atoms with Crippen molar-refractivity contribution in [2.75, 3.05) is 4.90 Å². The van der Waals surface area contributed by atoms with E-state index in [-0.39, 0.29) is 5.82 Å². The summed E-state index contributed by atoms with van der Waals surface area (Å²) in [7, 11) is 0. The summed E-state index contributed by atoms with van der Waals surface area (Å²) in [6.07, 6.45) is 0. The predicted octanol–water partition coefficient (Wildman–Crippen LogP) is 12.9. The Morgan fingerprint density at radius 2 is 1.05 bits per heavy atom. The summed E-state index contributed by atoms with van der Waals surface area (Å²) in [5.74, 6) is -0.207. The van der Waals surface area contributed by atoms with Crippen LogP contribution in [0.2, 0.25) is 0 Å². The van der Waals surface area contributed by atoms with E-state index in [9.17, 15) is 4.39 Å². The van der Waals surface area contributed by atoms with E-state index in [4.69, 9.17) is 0 Å². The van der Waals surface area contributed by atoms with Crippen LogP contribution < -0.4 is 4.90 Å². The summed E-state index contributed by atoms with van der Waals surface area (Å²) in [6.45, 7) is 0. The fraction of sp³-hybridized carbons (Fsp3) is 0. The van der Waals surface area contributed by atoms with E-state index in [1.807, 2.05) is 17.4 Å². The molecule has 0 aliphatic rings. The van der Waals surface area contributed by atoms with E-state index in [1.54, 1.807) is 23.5 Å². The number of hydrogen-bond donors (Lipinski definition) is 0. The van der Waals surface area contributed by atoms with Gasteiger partial charge in [0.15, 0.2) is 0 Å². The Labute approximate surface area is 261 Å². The molecule has 208 valence electrons. The zero-order valence-corrected chi connectivity index (χ0v) is 25.1. The molecule has 9 aromatic rings. The highest BCUT2D eigenvalue weighted by Crippen LogP contribution is 2.49. The van der Waals surface area contributed by atoms with Crippen LogP contribution in [-0.4, -0.2) is 0 Å². The van der Waals surface area contributed by atoms with E-state index < -0.39 is 0 Å². The summed E-state index contributed by atoms with van der Waals surface area (Å²) in [5, 5.41) is 7.24. The van der Waals surface area contributed by atoms with Gasteiger partial charge in [-0.15, -0.1) is 22.7 Å². The van der Waals surface area contributed by atoms with Gasteiger partial charge < -0.3 is 4.90 Å². The molecule has 7 aromatic carbocycles. The molecule has 1 nitrogen and oxygen atoms in total. The molecule has 0 N–H and O–H groups in total. The lowest BCUT2D eigenvalue weighted by atomic mass is 9.98. The lowest BCUT2D eigenvalue weighted by Gasteiger charge is -2.27. The van der Waals surface area contributed by atoms with Crippen molar-refractivity contribution in [1.82, 2.24) is 0 Å². The third-order valence-corrected chi connectivity index (χ3v) is 10.9. The van der Waals surface area contributed by atoms with Gasteiger partial charge in [0, 0.05) is 36.6 Å². The predicted molar refractivity (Wildman–Crippen MR) is 190 cm³/mol. The second-order valence-corrected chi connectivity index (χ2v) is 13.2. The fourth-order valence-corrected chi connectivity index (χ4v) is 8.95. The number of benzene rings is 7. The molecule has 4 heteroatoms. The Morgan fingerprint density at radius 3 is 1.82 bits per heavy atom. The van der Waals surface area contributed by atoms with Gasteiger partial charge in [-0.05, 0) is 70.4 Å². The van der Waals surface area contributed by atoms with Crippen LogP contribution >= 0.6 is 22.7 Å². The second-order valence-electron chi connectivity index (χ2n) is 11.1. The molecular weight excluding hydrogens is 578 g/mol. The van der Waals surface area contributed by atoms with Crippen molar-refractivity contribution >= 4 is 90.9 Å². The third-order valence-electron chi connectivity index (χ3n) is 8.53. The lowest BCUT2D eigenvalue weighted by molar-refractivity contribution is 0.630. The molecule has 0 saturated carbocycles. The smallest absolute Gasteiger partial charge is 0.124 e. The third kappa shape index (κ3) is 3.96. The number of hydrogen-bond acceptors (Lipinski definition) is 3. The van der Waals surface area contributed by atoms with E-state index in [0.29, 0.717) is 0 Å². The van der Waals surface area contributed by atoms with Crippen molar-refractivity contribution < 1.29 is 4.39 Å². The van der Waals surface area contributed by atoms with Gasteiger partial charge in [-0.3, -0.25) is 0 Å². The van der Waals surface area contributed by atoms with Crippen molar-refractivity contribution in [2.45, 2.75) is 0 Å².